The van der Waals surface area contributed by atoms with Crippen molar-refractivity contribution in [3.05, 3.63) is 60.2 Å². The molecule has 1 heterocycles. The Hall–Kier alpha value is -1.93. The van der Waals surface area contributed by atoms with Gasteiger partial charge in [-0.25, -0.2) is 0 Å². The Morgan fingerprint density at radius 1 is 1.12 bits per heavy atom. The number of carbonyl (C=O) groups is 1. The number of methoxy groups -OCH3 is 1. The third-order valence-electron chi connectivity index (χ3n) is 4.83. The molecule has 26 heavy (non-hydrogen) atoms. The number of likely N-dealkylation sites (tertiary alicyclic amines) is 1. The van der Waals surface area contributed by atoms with Crippen molar-refractivity contribution in [2.24, 2.45) is 0 Å². The fourth-order valence-electron chi connectivity index (χ4n) is 3.32. The van der Waals surface area contributed by atoms with E-state index in [0.29, 0.717) is 37.4 Å². The van der Waals surface area contributed by atoms with Crippen LogP contribution in [-0.2, 0) is 11.3 Å². The van der Waals surface area contributed by atoms with Gasteiger partial charge in [-0.3, -0.25) is 4.90 Å². The van der Waals surface area contributed by atoms with Crippen LogP contribution in [0.2, 0.25) is 0 Å². The van der Waals surface area contributed by atoms with Crippen LogP contribution in [-0.4, -0.2) is 36.6 Å². The van der Waals surface area contributed by atoms with Gasteiger partial charge in [-0.15, -0.1) is 0 Å². The molecule has 1 aliphatic rings. The quantitative estimate of drug-likeness (QED) is 0.673. The third kappa shape index (κ3) is 4.62. The molecule has 2 aromatic carbocycles. The second kappa shape index (κ2) is 9.13. The molecule has 0 aromatic heterocycles. The van der Waals surface area contributed by atoms with E-state index in [1.165, 1.54) is 5.56 Å². The predicted octanol–water partition coefficient (Wildman–Crippen LogP) is -1.10. The summed E-state index contributed by atoms with van der Waals surface area (Å²) in [6.07, 6.45) is 0.973. The first kappa shape index (κ1) is 20.4. The number of carboxylic acids is 1. The molecule has 0 spiro atoms. The molecule has 132 valence electrons. The minimum absolute atomic E-state index is 0. The first-order chi connectivity index (χ1) is 12.1. The van der Waals surface area contributed by atoms with Crippen LogP contribution in [0.5, 0.6) is 5.75 Å². The maximum absolute atomic E-state index is 11.9. The fraction of sp³-hybridized carbons (Fsp3) is 0.350. The maximum atomic E-state index is 11.9. The number of para-hydroxylation sites is 2. The number of rotatable bonds is 6. The van der Waals surface area contributed by atoms with E-state index in [-0.39, 0.29) is 18.9 Å². The number of carbonyl (C=O) groups excluding carboxylic acids is 1. The minimum Gasteiger partial charge on any atom is -0.548 e. The molecule has 0 saturated carbocycles. The van der Waals surface area contributed by atoms with Crippen LogP contribution in [0, 0.1) is 0 Å². The van der Waals surface area contributed by atoms with Gasteiger partial charge in [-0.2, -0.15) is 0 Å². The van der Waals surface area contributed by atoms with Crippen molar-refractivity contribution < 1.29 is 33.5 Å². The molecule has 3 rings (SSSR count). The van der Waals surface area contributed by atoms with Crippen LogP contribution in [0.3, 0.4) is 0 Å². The molecule has 0 bridgehead atoms. The molecule has 0 radical (unpaired) electrons. The zero-order chi connectivity index (χ0) is 17.7. The number of carboxylic acid groups (broad SMARTS) is 1. The van der Waals surface area contributed by atoms with Crippen LogP contribution < -0.4 is 34.0 Å². The summed E-state index contributed by atoms with van der Waals surface area (Å²) in [7, 11) is 1.58. The van der Waals surface area contributed by atoms with Crippen molar-refractivity contribution in [2.75, 3.05) is 25.5 Å². The number of aliphatic carboxylic acids is 1. The largest absolute Gasteiger partial charge is 1.00 e. The van der Waals surface area contributed by atoms with E-state index in [4.69, 9.17) is 4.74 Å². The fourth-order valence-corrected chi connectivity index (χ4v) is 3.32. The van der Waals surface area contributed by atoms with Gasteiger partial charge in [0.25, 0.3) is 0 Å². The number of piperidine rings is 1. The molecule has 1 fully saturated rings. The van der Waals surface area contributed by atoms with Crippen molar-refractivity contribution in [3.8, 4) is 5.75 Å². The normalized spacial score (nSPS) is 16.3. The summed E-state index contributed by atoms with van der Waals surface area (Å²) in [4.78, 5) is 14.2. The number of nitrogens with zero attached hydrogens (tertiary/aromatic N) is 1. The van der Waals surface area contributed by atoms with E-state index in [1.807, 2.05) is 42.5 Å². The molecule has 2 aromatic rings. The first-order valence-corrected chi connectivity index (χ1v) is 8.52. The van der Waals surface area contributed by atoms with Crippen molar-refractivity contribution in [3.63, 3.8) is 0 Å². The van der Waals surface area contributed by atoms with Crippen molar-refractivity contribution in [1.82, 2.24) is 4.90 Å². The zero-order valence-electron chi connectivity index (χ0n) is 15.4. The smallest absolute Gasteiger partial charge is 0.548 e. The van der Waals surface area contributed by atoms with Gasteiger partial charge in [-0.05, 0) is 30.5 Å². The van der Waals surface area contributed by atoms with Gasteiger partial charge in [0, 0.05) is 19.6 Å². The minimum atomic E-state index is -1.07. The molecule has 1 saturated heterocycles. The monoisotopic (exact) mass is 346 g/mol. The molecule has 5 nitrogen and oxygen atoms in total. The molecule has 0 unspecified atom stereocenters. The van der Waals surface area contributed by atoms with Crippen molar-refractivity contribution in [2.45, 2.75) is 24.9 Å². The Bertz CT molecular complexity index is 716. The molecule has 0 aliphatic carbocycles. The van der Waals surface area contributed by atoms with Gasteiger partial charge in [0.15, 0.2) is 0 Å². The molecular weight excluding hydrogens is 323 g/mol. The standard InChI is InChI=1S/C20H24N2O3.Li/c1-25-18-10-6-5-9-17(18)21-20(19(23)24)11-13-22(14-12-20)15-16-7-3-2-4-8-16;/h2-10,21H,11-15H2,1H3,(H,23,24);/q;+1/p-1. The Morgan fingerprint density at radius 2 is 1.73 bits per heavy atom. The number of anilines is 1. The van der Waals surface area contributed by atoms with E-state index >= 15 is 0 Å². The molecular formula is C20H23LiN2O3. The topological polar surface area (TPSA) is 64.6 Å². The van der Waals surface area contributed by atoms with Crippen molar-refractivity contribution in [1.29, 1.82) is 0 Å². The number of benzene rings is 2. The van der Waals surface area contributed by atoms with E-state index in [1.54, 1.807) is 7.11 Å². The molecule has 1 N–H and O–H groups in total. The third-order valence-corrected chi connectivity index (χ3v) is 4.83. The number of nitrogens with one attached hydrogen (secondary N) is 1. The summed E-state index contributed by atoms with van der Waals surface area (Å²) in [5.41, 5.74) is 0.855. The van der Waals surface area contributed by atoms with E-state index in [9.17, 15) is 9.90 Å². The van der Waals surface area contributed by atoms with Gasteiger partial charge in [0.05, 0.1) is 24.3 Å². The van der Waals surface area contributed by atoms with E-state index in [2.05, 4.69) is 22.3 Å². The van der Waals surface area contributed by atoms with Gasteiger partial charge >= 0.3 is 18.9 Å². The number of hydrogen-bond donors (Lipinski definition) is 1. The average Bonchev–Trinajstić information content (AvgIpc) is 2.64. The van der Waals surface area contributed by atoms with Crippen LogP contribution in [0.15, 0.2) is 54.6 Å². The van der Waals surface area contributed by atoms with Gasteiger partial charge < -0.3 is 20.0 Å². The summed E-state index contributed by atoms with van der Waals surface area (Å²) < 4.78 is 5.33. The van der Waals surface area contributed by atoms with Crippen molar-refractivity contribution >= 4 is 11.7 Å². The predicted molar refractivity (Wildman–Crippen MR) is 95.3 cm³/mol. The Balaban J connectivity index is 0.00000243. The number of ether oxygens (including phenoxy) is 1. The van der Waals surface area contributed by atoms with Gasteiger partial charge in [0.1, 0.15) is 5.75 Å². The molecule has 0 amide bonds. The van der Waals surface area contributed by atoms with E-state index in [0.717, 1.165) is 6.54 Å². The van der Waals surface area contributed by atoms with Gasteiger partial charge in [0.2, 0.25) is 0 Å². The molecule has 6 heteroatoms. The molecule has 1 aliphatic heterocycles. The first-order valence-electron chi connectivity index (χ1n) is 8.52. The summed E-state index contributed by atoms with van der Waals surface area (Å²) in [5, 5.41) is 15.1. The Morgan fingerprint density at radius 3 is 2.35 bits per heavy atom. The summed E-state index contributed by atoms with van der Waals surface area (Å²) in [6.45, 7) is 2.23. The van der Waals surface area contributed by atoms with Crippen LogP contribution >= 0.6 is 0 Å². The average molecular weight is 346 g/mol. The molecule has 0 atom stereocenters. The Labute approximate surface area is 166 Å². The summed E-state index contributed by atoms with van der Waals surface area (Å²) in [5.74, 6) is -0.424. The van der Waals surface area contributed by atoms with Crippen LogP contribution in [0.25, 0.3) is 0 Å². The zero-order valence-corrected chi connectivity index (χ0v) is 15.4. The van der Waals surface area contributed by atoms with Gasteiger partial charge in [-0.1, -0.05) is 42.5 Å². The van der Waals surface area contributed by atoms with Crippen LogP contribution in [0.4, 0.5) is 5.69 Å². The second-order valence-corrected chi connectivity index (χ2v) is 6.46. The second-order valence-electron chi connectivity index (χ2n) is 6.46. The Kier molecular flexibility index (Phi) is 7.16. The maximum Gasteiger partial charge on any atom is 1.00 e. The number of hydrogen-bond acceptors (Lipinski definition) is 5. The summed E-state index contributed by atoms with van der Waals surface area (Å²) >= 11 is 0. The summed E-state index contributed by atoms with van der Waals surface area (Å²) in [6, 6.07) is 17.6. The van der Waals surface area contributed by atoms with E-state index < -0.39 is 11.5 Å². The SMILES string of the molecule is COc1ccccc1NC1(C(=O)[O-])CCN(Cc2ccccc2)CC1.[Li+]. The van der Waals surface area contributed by atoms with Crippen LogP contribution in [0.1, 0.15) is 18.4 Å².